The zero-order valence-electron chi connectivity index (χ0n) is 19.9. The molecule has 1 aliphatic carbocycles. The zero-order valence-corrected chi connectivity index (χ0v) is 19.9. The Kier molecular flexibility index (Phi) is 7.49. The van der Waals surface area contributed by atoms with Crippen LogP contribution in [0.15, 0.2) is 65.8 Å². The Bertz CT molecular complexity index is 1320. The van der Waals surface area contributed by atoms with E-state index in [2.05, 4.69) is 0 Å². The van der Waals surface area contributed by atoms with E-state index in [1.807, 2.05) is 26.8 Å². The number of carbonyl (C=O) groups is 4. The standard InChI is InChI=1S/C28H26O7/c1-15(2)5-11-24(19-14-23(32)26-21(30)8-9-22(31)27(26)28(19)34)35-25(33)12-10-20(29)18-7-6-16(3)13-17(18)4/h5-10,12-14,24,30-31H,11H2,1-4H3/b12-10-/t24-/m1/s1. The number of rotatable bonds is 7. The van der Waals surface area contributed by atoms with E-state index in [4.69, 9.17) is 4.74 Å². The predicted molar refractivity (Wildman–Crippen MR) is 130 cm³/mol. The van der Waals surface area contributed by atoms with Crippen molar-refractivity contribution in [2.75, 3.05) is 0 Å². The highest BCUT2D eigenvalue weighted by molar-refractivity contribution is 6.27. The maximum atomic E-state index is 13.1. The first kappa shape index (κ1) is 25.4. The summed E-state index contributed by atoms with van der Waals surface area (Å²) >= 11 is 0. The lowest BCUT2D eigenvalue weighted by Crippen LogP contribution is -2.28. The SMILES string of the molecule is CC(C)=CC[C@@H](OC(=O)/C=C\C(=O)c1ccc(C)cc1C)C1=CC(=O)c2c(O)ccc(O)c2C1=O. The normalized spacial score (nSPS) is 13.8. The second-order valence-electron chi connectivity index (χ2n) is 8.61. The molecule has 0 saturated carbocycles. The molecule has 7 nitrogen and oxygen atoms in total. The molecule has 3 rings (SSSR count). The molecule has 0 aliphatic heterocycles. The summed E-state index contributed by atoms with van der Waals surface area (Å²) in [5.74, 6) is -3.57. The molecule has 2 N–H and O–H groups in total. The number of hydrogen-bond donors (Lipinski definition) is 2. The van der Waals surface area contributed by atoms with Crippen LogP contribution < -0.4 is 0 Å². The molecule has 7 heteroatoms. The molecule has 0 radical (unpaired) electrons. The summed E-state index contributed by atoms with van der Waals surface area (Å²) in [6, 6.07) is 7.57. The van der Waals surface area contributed by atoms with Crippen molar-refractivity contribution < 1.29 is 34.1 Å². The molecule has 0 saturated heterocycles. The zero-order chi connectivity index (χ0) is 25.9. The van der Waals surface area contributed by atoms with Crippen molar-refractivity contribution >= 4 is 23.3 Å². The van der Waals surface area contributed by atoms with Crippen molar-refractivity contribution in [3.05, 3.63) is 93.6 Å². The van der Waals surface area contributed by atoms with Gasteiger partial charge >= 0.3 is 5.97 Å². The van der Waals surface area contributed by atoms with Gasteiger partial charge in [-0.1, -0.05) is 35.4 Å². The third-order valence-electron chi connectivity index (χ3n) is 5.55. The second kappa shape index (κ2) is 10.3. The summed E-state index contributed by atoms with van der Waals surface area (Å²) in [5.41, 5.74) is 2.34. The van der Waals surface area contributed by atoms with Crippen molar-refractivity contribution in [1.82, 2.24) is 0 Å². The number of benzene rings is 2. The molecule has 0 fully saturated rings. The molecular formula is C28H26O7. The van der Waals surface area contributed by atoms with Crippen LogP contribution in [0.4, 0.5) is 0 Å². The lowest BCUT2D eigenvalue weighted by molar-refractivity contribution is -0.141. The average molecular weight is 475 g/mol. The van der Waals surface area contributed by atoms with Gasteiger partial charge in [-0.25, -0.2) is 4.79 Å². The first-order valence-electron chi connectivity index (χ1n) is 11.0. The van der Waals surface area contributed by atoms with Crippen LogP contribution in [0.25, 0.3) is 0 Å². The minimum atomic E-state index is -1.15. The van der Waals surface area contributed by atoms with E-state index in [1.165, 1.54) is 0 Å². The van der Waals surface area contributed by atoms with Gasteiger partial charge in [-0.2, -0.15) is 0 Å². The van der Waals surface area contributed by atoms with Gasteiger partial charge in [-0.3, -0.25) is 14.4 Å². The first-order valence-corrected chi connectivity index (χ1v) is 11.0. The van der Waals surface area contributed by atoms with Gasteiger partial charge in [0, 0.05) is 23.6 Å². The number of phenols is 2. The van der Waals surface area contributed by atoms with Gasteiger partial charge in [-0.15, -0.1) is 0 Å². The Balaban J connectivity index is 1.88. The summed E-state index contributed by atoms with van der Waals surface area (Å²) in [4.78, 5) is 50.9. The molecule has 0 heterocycles. The van der Waals surface area contributed by atoms with Crippen LogP contribution in [0.1, 0.15) is 62.5 Å². The maximum absolute atomic E-state index is 13.1. The van der Waals surface area contributed by atoms with Crippen LogP contribution in [0.5, 0.6) is 11.5 Å². The van der Waals surface area contributed by atoms with Crippen LogP contribution in [0, 0.1) is 13.8 Å². The predicted octanol–water partition coefficient (Wildman–Crippen LogP) is 4.73. The number of ketones is 3. The van der Waals surface area contributed by atoms with Crippen molar-refractivity contribution in [2.24, 2.45) is 0 Å². The van der Waals surface area contributed by atoms with Crippen LogP contribution in [-0.4, -0.2) is 39.6 Å². The Morgan fingerprint density at radius 2 is 1.63 bits per heavy atom. The van der Waals surface area contributed by atoms with Gasteiger partial charge in [0.05, 0.1) is 11.1 Å². The molecule has 2 aromatic carbocycles. The van der Waals surface area contributed by atoms with E-state index in [-0.39, 0.29) is 28.9 Å². The topological polar surface area (TPSA) is 118 Å². The number of hydrogen-bond acceptors (Lipinski definition) is 7. The summed E-state index contributed by atoms with van der Waals surface area (Å²) in [7, 11) is 0. The highest BCUT2D eigenvalue weighted by atomic mass is 16.5. The van der Waals surface area contributed by atoms with Crippen molar-refractivity contribution in [3.8, 4) is 11.5 Å². The largest absolute Gasteiger partial charge is 0.507 e. The molecule has 35 heavy (non-hydrogen) atoms. The molecule has 0 amide bonds. The summed E-state index contributed by atoms with van der Waals surface area (Å²) < 4.78 is 5.47. The van der Waals surface area contributed by atoms with Gasteiger partial charge in [0.1, 0.15) is 17.6 Å². The van der Waals surface area contributed by atoms with Crippen molar-refractivity contribution in [2.45, 2.75) is 40.2 Å². The van der Waals surface area contributed by atoms with Crippen molar-refractivity contribution in [1.29, 1.82) is 0 Å². The van der Waals surface area contributed by atoms with E-state index in [1.54, 1.807) is 25.1 Å². The lowest BCUT2D eigenvalue weighted by Gasteiger charge is -2.23. The van der Waals surface area contributed by atoms with E-state index in [0.29, 0.717) is 5.56 Å². The number of allylic oxidation sites excluding steroid dienone is 3. The van der Waals surface area contributed by atoms with Gasteiger partial charge in [-0.05, 0) is 57.5 Å². The molecule has 0 aromatic heterocycles. The Morgan fingerprint density at radius 1 is 0.971 bits per heavy atom. The summed E-state index contributed by atoms with van der Waals surface area (Å²) in [6.45, 7) is 7.35. The Morgan fingerprint density at radius 3 is 2.26 bits per heavy atom. The number of aromatic hydroxyl groups is 2. The number of phenolic OH excluding ortho intramolecular Hbond substituents is 2. The molecule has 0 bridgehead atoms. The molecule has 1 aliphatic rings. The number of Topliss-reactive ketones (excluding diaryl/α,β-unsaturated/α-hetero) is 1. The molecule has 0 unspecified atom stereocenters. The van der Waals surface area contributed by atoms with Crippen LogP contribution in [0.2, 0.25) is 0 Å². The highest BCUT2D eigenvalue weighted by Crippen LogP contribution is 2.36. The highest BCUT2D eigenvalue weighted by Gasteiger charge is 2.35. The second-order valence-corrected chi connectivity index (χ2v) is 8.61. The number of carbonyl (C=O) groups excluding carboxylic acids is 4. The van der Waals surface area contributed by atoms with Crippen LogP contribution >= 0.6 is 0 Å². The van der Waals surface area contributed by atoms with Gasteiger partial charge in [0.15, 0.2) is 17.3 Å². The van der Waals surface area contributed by atoms with E-state index >= 15 is 0 Å². The molecule has 0 spiro atoms. The third kappa shape index (κ3) is 5.63. The summed E-state index contributed by atoms with van der Waals surface area (Å²) in [6.07, 6.45) is 3.75. The molecular weight excluding hydrogens is 448 g/mol. The fraction of sp³-hybridized carbons (Fsp3) is 0.214. The number of fused-ring (bicyclic) bond motifs is 1. The van der Waals surface area contributed by atoms with E-state index in [0.717, 1.165) is 47.1 Å². The fourth-order valence-corrected chi connectivity index (χ4v) is 3.81. The lowest BCUT2D eigenvalue weighted by atomic mass is 9.85. The van der Waals surface area contributed by atoms with E-state index < -0.39 is 35.1 Å². The van der Waals surface area contributed by atoms with Gasteiger partial charge < -0.3 is 14.9 Å². The maximum Gasteiger partial charge on any atom is 0.331 e. The quantitative estimate of drug-likeness (QED) is 0.196. The minimum absolute atomic E-state index is 0.0900. The third-order valence-corrected chi connectivity index (χ3v) is 5.55. The Hall–Kier alpha value is -4.26. The Labute approximate surface area is 203 Å². The first-order chi connectivity index (χ1) is 16.5. The summed E-state index contributed by atoms with van der Waals surface area (Å²) in [5, 5.41) is 20.2. The fourth-order valence-electron chi connectivity index (χ4n) is 3.81. The monoisotopic (exact) mass is 474 g/mol. The number of esters is 1. The van der Waals surface area contributed by atoms with E-state index in [9.17, 15) is 29.4 Å². The van der Waals surface area contributed by atoms with Crippen molar-refractivity contribution in [3.63, 3.8) is 0 Å². The van der Waals surface area contributed by atoms with Gasteiger partial charge in [0.25, 0.3) is 0 Å². The van der Waals surface area contributed by atoms with Gasteiger partial charge in [0.2, 0.25) is 0 Å². The van der Waals surface area contributed by atoms with Crippen LogP contribution in [0.3, 0.4) is 0 Å². The average Bonchev–Trinajstić information content (AvgIpc) is 2.78. The number of ether oxygens (including phenoxy) is 1. The molecule has 180 valence electrons. The molecule has 2 aromatic rings. The van der Waals surface area contributed by atoms with Crippen LogP contribution in [-0.2, 0) is 9.53 Å². The number of aryl methyl sites for hydroxylation is 2. The minimum Gasteiger partial charge on any atom is -0.507 e. The molecule has 1 atom stereocenters. The smallest absolute Gasteiger partial charge is 0.331 e.